The number of piperazine rings is 1. The summed E-state index contributed by atoms with van der Waals surface area (Å²) in [6, 6.07) is 15.4. The van der Waals surface area contributed by atoms with E-state index < -0.39 is 15.5 Å². The van der Waals surface area contributed by atoms with Crippen LogP contribution < -0.4 is 15.6 Å². The Labute approximate surface area is 201 Å². The second-order valence-corrected chi connectivity index (χ2v) is 11.2. The van der Waals surface area contributed by atoms with E-state index in [2.05, 4.69) is 45.8 Å². The van der Waals surface area contributed by atoms with E-state index in [4.69, 9.17) is 4.99 Å². The monoisotopic (exact) mass is 478 g/mol. The van der Waals surface area contributed by atoms with E-state index in [1.807, 2.05) is 48.5 Å². The molecule has 0 bridgehead atoms. The molecule has 0 aromatic heterocycles. The van der Waals surface area contributed by atoms with Gasteiger partial charge in [0.2, 0.25) is 5.96 Å². The van der Waals surface area contributed by atoms with Crippen molar-refractivity contribution >= 4 is 32.7 Å². The zero-order chi connectivity index (χ0) is 23.9. The molecule has 0 amide bonds. The fourth-order valence-electron chi connectivity index (χ4n) is 4.56. The van der Waals surface area contributed by atoms with Crippen molar-refractivity contribution in [2.45, 2.75) is 17.5 Å². The lowest BCUT2D eigenvalue weighted by Crippen LogP contribution is -2.47. The second kappa shape index (κ2) is 8.48. The highest BCUT2D eigenvalue weighted by Crippen LogP contribution is 2.38. The number of likely N-dealkylation sites (N-methyl/N-ethyl adjacent to an activating group) is 1. The summed E-state index contributed by atoms with van der Waals surface area (Å²) in [4.78, 5) is 10.0. The van der Waals surface area contributed by atoms with Gasteiger partial charge in [-0.3, -0.25) is 10.4 Å². The van der Waals surface area contributed by atoms with Gasteiger partial charge in [-0.15, -0.1) is 0 Å². The van der Waals surface area contributed by atoms with E-state index in [1.54, 1.807) is 12.1 Å². The predicted molar refractivity (Wildman–Crippen MR) is 137 cm³/mol. The second-order valence-electron chi connectivity index (χ2n) is 9.15. The van der Waals surface area contributed by atoms with Crippen LogP contribution in [0.15, 0.2) is 76.8 Å². The normalized spacial score (nSPS) is 22.7. The van der Waals surface area contributed by atoms with Crippen LogP contribution in [0.5, 0.6) is 0 Å². The van der Waals surface area contributed by atoms with Crippen molar-refractivity contribution in [2.24, 2.45) is 4.99 Å². The number of sulfone groups is 1. The first-order valence-corrected chi connectivity index (χ1v) is 13.3. The van der Waals surface area contributed by atoms with Gasteiger partial charge in [-0.05, 0) is 55.9 Å². The topological polar surface area (TPSA) is 80.3 Å². The Morgan fingerprint density at radius 3 is 2.50 bits per heavy atom. The molecule has 3 aliphatic heterocycles. The van der Waals surface area contributed by atoms with Crippen molar-refractivity contribution in [2.75, 3.05) is 49.7 Å². The molecule has 34 heavy (non-hydrogen) atoms. The molecule has 2 aromatic carbocycles. The van der Waals surface area contributed by atoms with Crippen LogP contribution >= 0.6 is 0 Å². The molecule has 0 saturated carbocycles. The first-order valence-electron chi connectivity index (χ1n) is 11.4. The number of hydrogen-bond acceptors (Lipinski definition) is 8. The van der Waals surface area contributed by atoms with Gasteiger partial charge in [0.05, 0.1) is 4.90 Å². The Morgan fingerprint density at radius 1 is 1.06 bits per heavy atom. The molecule has 0 radical (unpaired) electrons. The van der Waals surface area contributed by atoms with Crippen LogP contribution in [0, 0.1) is 0 Å². The number of nitrogens with one attached hydrogen (secondary N) is 2. The summed E-state index contributed by atoms with van der Waals surface area (Å²) in [6.07, 6.45) is 7.15. The number of hydrogen-bond donors (Lipinski definition) is 2. The summed E-state index contributed by atoms with van der Waals surface area (Å²) in [5.74, 6) is 0.656. The number of nitrogens with zero attached hydrogens (tertiary/aromatic N) is 4. The Bertz CT molecular complexity index is 1280. The Kier molecular flexibility index (Phi) is 5.61. The molecular weight excluding hydrogens is 448 g/mol. The Hall–Kier alpha value is -3.30. The average molecular weight is 479 g/mol. The van der Waals surface area contributed by atoms with Gasteiger partial charge in [0, 0.05) is 55.6 Å². The molecule has 9 heteroatoms. The quantitative estimate of drug-likeness (QED) is 0.700. The van der Waals surface area contributed by atoms with Crippen molar-refractivity contribution < 1.29 is 8.42 Å². The highest BCUT2D eigenvalue weighted by atomic mass is 32.2. The molecule has 2 N–H and O–H groups in total. The number of guanidine groups is 1. The number of anilines is 2. The molecule has 3 heterocycles. The predicted octanol–water partition coefficient (Wildman–Crippen LogP) is 2.76. The van der Waals surface area contributed by atoms with E-state index in [9.17, 15) is 8.42 Å². The molecule has 1 fully saturated rings. The maximum Gasteiger partial charge on any atom is 0.217 e. The standard InChI is InChI=1S/C25H30N6O2S/c1-25-23(19-9-11-22(12-10-19)34(3,32)33)8-5-13-31(25)28-24(27-25)26-20-6-4-7-21(18-20)30-16-14-29(2)15-17-30/h4-13,18H,14-17H2,1-3H3,(H2,26,27,28). The summed E-state index contributed by atoms with van der Waals surface area (Å²) in [7, 11) is -1.08. The SMILES string of the molecule is CN1CCN(c2cccc(NC3=NC4(C)C(c5ccc(S(C)(=O)=O)cc5)=CC=CN4N3)c2)CC1. The van der Waals surface area contributed by atoms with Gasteiger partial charge in [0.25, 0.3) is 0 Å². The smallest absolute Gasteiger partial charge is 0.217 e. The van der Waals surface area contributed by atoms with Gasteiger partial charge in [0.15, 0.2) is 15.5 Å². The van der Waals surface area contributed by atoms with Gasteiger partial charge in [-0.2, -0.15) is 0 Å². The molecule has 1 atom stereocenters. The molecule has 0 spiro atoms. The van der Waals surface area contributed by atoms with Crippen LogP contribution in [0.25, 0.3) is 5.57 Å². The third-order valence-corrected chi connectivity index (χ3v) is 7.73. The largest absolute Gasteiger partial charge is 0.369 e. The molecule has 1 unspecified atom stereocenters. The molecule has 5 rings (SSSR count). The molecule has 178 valence electrons. The van der Waals surface area contributed by atoms with Crippen LogP contribution in [-0.4, -0.2) is 69.4 Å². The van der Waals surface area contributed by atoms with E-state index in [0.29, 0.717) is 10.9 Å². The summed E-state index contributed by atoms with van der Waals surface area (Å²) < 4.78 is 23.7. The number of aliphatic imine (C=N–C) groups is 1. The van der Waals surface area contributed by atoms with Gasteiger partial charge >= 0.3 is 0 Å². The highest BCUT2D eigenvalue weighted by molar-refractivity contribution is 7.90. The van der Waals surface area contributed by atoms with E-state index in [-0.39, 0.29) is 0 Å². The number of fused-ring (bicyclic) bond motifs is 1. The average Bonchev–Trinajstić information content (AvgIpc) is 3.14. The van der Waals surface area contributed by atoms with Crippen LogP contribution in [0.3, 0.4) is 0 Å². The first kappa shape index (κ1) is 22.5. The number of benzene rings is 2. The summed E-state index contributed by atoms with van der Waals surface area (Å²) in [5.41, 5.74) is 6.76. The van der Waals surface area contributed by atoms with Gasteiger partial charge in [-0.25, -0.2) is 13.4 Å². The number of hydrazine groups is 1. The third kappa shape index (κ3) is 4.28. The molecule has 8 nitrogen and oxygen atoms in total. The first-order chi connectivity index (χ1) is 16.2. The van der Waals surface area contributed by atoms with Crippen LogP contribution in [0.1, 0.15) is 12.5 Å². The summed E-state index contributed by atoms with van der Waals surface area (Å²) in [5, 5.41) is 5.39. The van der Waals surface area contributed by atoms with E-state index in [0.717, 1.165) is 43.0 Å². The third-order valence-electron chi connectivity index (χ3n) is 6.60. The van der Waals surface area contributed by atoms with Gasteiger partial charge in [-0.1, -0.05) is 24.3 Å². The summed E-state index contributed by atoms with van der Waals surface area (Å²) in [6.45, 7) is 6.19. The van der Waals surface area contributed by atoms with Crippen LogP contribution in [0.4, 0.5) is 11.4 Å². The minimum atomic E-state index is -3.24. The van der Waals surface area contributed by atoms with Crippen molar-refractivity contribution in [1.82, 2.24) is 15.3 Å². The minimum Gasteiger partial charge on any atom is -0.369 e. The van der Waals surface area contributed by atoms with Crippen molar-refractivity contribution in [3.63, 3.8) is 0 Å². The fourth-order valence-corrected chi connectivity index (χ4v) is 5.19. The molecule has 2 aromatic rings. The zero-order valence-corrected chi connectivity index (χ0v) is 20.5. The zero-order valence-electron chi connectivity index (χ0n) is 19.7. The maximum atomic E-state index is 11.8. The lowest BCUT2D eigenvalue weighted by Gasteiger charge is -2.35. The maximum absolute atomic E-state index is 11.8. The Morgan fingerprint density at radius 2 is 1.79 bits per heavy atom. The van der Waals surface area contributed by atoms with E-state index in [1.165, 1.54) is 11.9 Å². The Balaban J connectivity index is 1.37. The number of allylic oxidation sites excluding steroid dienone is 2. The van der Waals surface area contributed by atoms with Crippen molar-refractivity contribution in [3.05, 3.63) is 72.4 Å². The van der Waals surface area contributed by atoms with Crippen molar-refractivity contribution in [1.29, 1.82) is 0 Å². The molecular formula is C25H30N6O2S. The fraction of sp³-hybridized carbons (Fsp3) is 0.320. The van der Waals surface area contributed by atoms with E-state index >= 15 is 0 Å². The lowest BCUT2D eigenvalue weighted by atomic mass is 9.92. The highest BCUT2D eigenvalue weighted by Gasteiger charge is 2.41. The van der Waals surface area contributed by atoms with Gasteiger partial charge < -0.3 is 15.1 Å². The van der Waals surface area contributed by atoms with Crippen molar-refractivity contribution in [3.8, 4) is 0 Å². The molecule has 1 saturated heterocycles. The lowest BCUT2D eigenvalue weighted by molar-refractivity contribution is 0.227. The number of rotatable bonds is 4. The summed E-state index contributed by atoms with van der Waals surface area (Å²) >= 11 is 0. The van der Waals surface area contributed by atoms with Gasteiger partial charge in [0.1, 0.15) is 0 Å². The van der Waals surface area contributed by atoms with Crippen LogP contribution in [0.2, 0.25) is 0 Å². The van der Waals surface area contributed by atoms with Crippen LogP contribution in [-0.2, 0) is 9.84 Å². The molecule has 3 aliphatic rings. The molecule has 0 aliphatic carbocycles. The minimum absolute atomic E-state index is 0.306.